The lowest BCUT2D eigenvalue weighted by Gasteiger charge is -2.15. The molecular formula is C23H15ClF4N4O4. The van der Waals surface area contributed by atoms with E-state index in [0.717, 1.165) is 24.7 Å². The third kappa shape index (κ3) is 5.23. The minimum absolute atomic E-state index is 0.148. The maximum Gasteiger partial charge on any atom is 0.431 e. The molecule has 2 heterocycles. The monoisotopic (exact) mass is 522 g/mol. The zero-order valence-corrected chi connectivity index (χ0v) is 19.0. The highest BCUT2D eigenvalue weighted by molar-refractivity contribution is 6.32. The highest BCUT2D eigenvalue weighted by Crippen LogP contribution is 2.32. The Morgan fingerprint density at radius 3 is 2.47 bits per heavy atom. The predicted octanol–water partition coefficient (Wildman–Crippen LogP) is 4.51. The molecule has 0 amide bonds. The highest BCUT2D eigenvalue weighted by atomic mass is 35.5. The Hall–Kier alpha value is -4.19. The van der Waals surface area contributed by atoms with Crippen LogP contribution in [-0.4, -0.2) is 19.1 Å². The molecule has 0 radical (unpaired) electrons. The fourth-order valence-corrected chi connectivity index (χ4v) is 3.36. The van der Waals surface area contributed by atoms with E-state index in [1.165, 1.54) is 12.3 Å². The summed E-state index contributed by atoms with van der Waals surface area (Å²) in [5, 5.41) is -0.271. The third-order valence-electron chi connectivity index (χ3n) is 4.89. The number of rotatable bonds is 6. The van der Waals surface area contributed by atoms with Crippen LogP contribution in [-0.2, 0) is 19.8 Å². The van der Waals surface area contributed by atoms with Gasteiger partial charge in [0.05, 0.1) is 10.7 Å². The molecule has 4 rings (SSSR count). The molecule has 0 bridgehead atoms. The Morgan fingerprint density at radius 1 is 1.06 bits per heavy atom. The molecule has 13 heteroatoms. The van der Waals surface area contributed by atoms with E-state index in [2.05, 4.69) is 9.97 Å². The van der Waals surface area contributed by atoms with Crippen LogP contribution in [0.4, 0.5) is 17.6 Å². The quantitative estimate of drug-likeness (QED) is 0.346. The molecule has 0 aliphatic heterocycles. The SMILES string of the molecule is Cn1c(C(F)(F)F)cc(=O)n(-c2cc(Oc3nccc(OCc4ccccc4)n3)c(Cl)cc2F)c1=O. The standard InChI is InChI=1S/C23H15ClF4N4O4/c1-31-18(23(26,27)28)11-20(33)32(22(31)34)16-10-17(14(24)9-15(16)25)36-21-29-8-7-19(30-21)35-12-13-5-3-2-4-6-13/h2-11H,12H2,1H3. The molecule has 0 saturated carbocycles. The van der Waals surface area contributed by atoms with Crippen LogP contribution in [0.25, 0.3) is 5.69 Å². The summed E-state index contributed by atoms with van der Waals surface area (Å²) < 4.78 is 65.6. The second-order valence-corrected chi connectivity index (χ2v) is 7.74. The normalized spacial score (nSPS) is 11.4. The molecule has 0 N–H and O–H groups in total. The summed E-state index contributed by atoms with van der Waals surface area (Å²) in [7, 11) is 0.807. The second-order valence-electron chi connectivity index (χ2n) is 7.33. The molecule has 0 fully saturated rings. The molecule has 0 unspecified atom stereocenters. The molecule has 36 heavy (non-hydrogen) atoms. The van der Waals surface area contributed by atoms with E-state index < -0.39 is 34.6 Å². The Morgan fingerprint density at radius 2 is 1.78 bits per heavy atom. The van der Waals surface area contributed by atoms with Crippen LogP contribution in [0.15, 0.2) is 70.4 Å². The molecule has 8 nitrogen and oxygen atoms in total. The first-order valence-electron chi connectivity index (χ1n) is 10.1. The average Bonchev–Trinajstić information content (AvgIpc) is 2.83. The van der Waals surface area contributed by atoms with Gasteiger partial charge in [0.1, 0.15) is 18.1 Å². The van der Waals surface area contributed by atoms with Crippen LogP contribution in [0.3, 0.4) is 0 Å². The summed E-state index contributed by atoms with van der Waals surface area (Å²) in [6.07, 6.45) is -3.64. The topological polar surface area (TPSA) is 88.2 Å². The van der Waals surface area contributed by atoms with Crippen molar-refractivity contribution in [2.45, 2.75) is 12.8 Å². The van der Waals surface area contributed by atoms with Crippen LogP contribution in [0, 0.1) is 5.82 Å². The number of alkyl halides is 3. The van der Waals surface area contributed by atoms with Crippen molar-refractivity contribution in [2.24, 2.45) is 7.05 Å². The van der Waals surface area contributed by atoms with Crippen LogP contribution in [0.5, 0.6) is 17.6 Å². The van der Waals surface area contributed by atoms with E-state index in [-0.39, 0.29) is 44.5 Å². The van der Waals surface area contributed by atoms with Crippen LogP contribution >= 0.6 is 11.6 Å². The number of benzene rings is 2. The van der Waals surface area contributed by atoms with Gasteiger partial charge in [-0.25, -0.2) is 18.7 Å². The Balaban J connectivity index is 1.67. The minimum atomic E-state index is -4.97. The van der Waals surface area contributed by atoms with Gasteiger partial charge in [0.25, 0.3) is 5.56 Å². The van der Waals surface area contributed by atoms with Gasteiger partial charge in [-0.3, -0.25) is 9.36 Å². The second kappa shape index (κ2) is 9.82. The first-order valence-corrected chi connectivity index (χ1v) is 10.5. The molecule has 0 aliphatic carbocycles. The average molecular weight is 523 g/mol. The van der Waals surface area contributed by atoms with Gasteiger partial charge in [-0.1, -0.05) is 41.9 Å². The van der Waals surface area contributed by atoms with Gasteiger partial charge in [0.2, 0.25) is 5.88 Å². The zero-order valence-electron chi connectivity index (χ0n) is 18.3. The first kappa shape index (κ1) is 24.9. The smallest absolute Gasteiger partial charge is 0.431 e. The summed E-state index contributed by atoms with van der Waals surface area (Å²) in [5.74, 6) is -1.26. The minimum Gasteiger partial charge on any atom is -0.473 e. The van der Waals surface area contributed by atoms with Crippen LogP contribution in [0.2, 0.25) is 5.02 Å². The van der Waals surface area contributed by atoms with E-state index >= 15 is 0 Å². The lowest BCUT2D eigenvalue weighted by molar-refractivity contribution is -0.144. The Bertz CT molecular complexity index is 1540. The molecule has 4 aromatic rings. The largest absolute Gasteiger partial charge is 0.473 e. The molecule has 0 saturated heterocycles. The van der Waals surface area contributed by atoms with Crippen molar-refractivity contribution in [1.29, 1.82) is 0 Å². The maximum absolute atomic E-state index is 14.7. The fourth-order valence-electron chi connectivity index (χ4n) is 3.17. The van der Waals surface area contributed by atoms with Crippen LogP contribution in [0.1, 0.15) is 11.3 Å². The summed E-state index contributed by atoms with van der Waals surface area (Å²) in [6.45, 7) is 0.207. The Kier molecular flexibility index (Phi) is 6.80. The Labute approximate surface area is 205 Å². The number of aromatic nitrogens is 4. The number of hydrogen-bond acceptors (Lipinski definition) is 6. The molecule has 0 aliphatic rings. The molecule has 0 atom stereocenters. The van der Waals surface area contributed by atoms with Crippen molar-refractivity contribution in [3.63, 3.8) is 0 Å². The van der Waals surface area contributed by atoms with Crippen molar-refractivity contribution >= 4 is 11.6 Å². The molecule has 2 aromatic heterocycles. The number of hydrogen-bond donors (Lipinski definition) is 0. The lowest BCUT2D eigenvalue weighted by Crippen LogP contribution is -2.41. The third-order valence-corrected chi connectivity index (χ3v) is 5.19. The van der Waals surface area contributed by atoms with E-state index in [1.807, 2.05) is 30.3 Å². The molecule has 186 valence electrons. The predicted molar refractivity (Wildman–Crippen MR) is 120 cm³/mol. The summed E-state index contributed by atoms with van der Waals surface area (Å²) in [5.41, 5.74) is -4.10. The van der Waals surface area contributed by atoms with Gasteiger partial charge in [0, 0.05) is 31.4 Å². The van der Waals surface area contributed by atoms with Gasteiger partial charge in [-0.2, -0.15) is 18.2 Å². The number of halogens is 5. The van der Waals surface area contributed by atoms with Crippen molar-refractivity contribution in [1.82, 2.24) is 19.1 Å². The zero-order chi connectivity index (χ0) is 26.0. The van der Waals surface area contributed by atoms with E-state index in [9.17, 15) is 27.2 Å². The molecule has 0 spiro atoms. The summed E-state index contributed by atoms with van der Waals surface area (Å²) in [4.78, 5) is 32.9. The van der Waals surface area contributed by atoms with Gasteiger partial charge >= 0.3 is 17.9 Å². The van der Waals surface area contributed by atoms with Crippen molar-refractivity contribution in [3.8, 4) is 23.3 Å². The highest BCUT2D eigenvalue weighted by Gasteiger charge is 2.35. The van der Waals surface area contributed by atoms with Crippen molar-refractivity contribution in [2.75, 3.05) is 0 Å². The lowest BCUT2D eigenvalue weighted by atomic mass is 10.2. The first-order chi connectivity index (χ1) is 17.0. The number of ether oxygens (including phenoxy) is 2. The van der Waals surface area contributed by atoms with Crippen LogP contribution < -0.4 is 20.7 Å². The van der Waals surface area contributed by atoms with Crippen molar-refractivity contribution < 1.29 is 27.0 Å². The van der Waals surface area contributed by atoms with E-state index in [4.69, 9.17) is 21.1 Å². The van der Waals surface area contributed by atoms with E-state index in [0.29, 0.717) is 0 Å². The summed E-state index contributed by atoms with van der Waals surface area (Å²) in [6, 6.07) is 12.3. The summed E-state index contributed by atoms with van der Waals surface area (Å²) >= 11 is 6.04. The van der Waals surface area contributed by atoms with Gasteiger partial charge in [0.15, 0.2) is 5.75 Å². The molecular weight excluding hydrogens is 508 g/mol. The maximum atomic E-state index is 14.7. The number of nitrogens with zero attached hydrogens (tertiary/aromatic N) is 4. The fraction of sp³-hybridized carbons (Fsp3) is 0.130. The van der Waals surface area contributed by atoms with Gasteiger partial charge < -0.3 is 9.47 Å². The van der Waals surface area contributed by atoms with E-state index in [1.54, 1.807) is 0 Å². The van der Waals surface area contributed by atoms with Crippen molar-refractivity contribution in [3.05, 3.63) is 104 Å². The van der Waals surface area contributed by atoms with Gasteiger partial charge in [-0.15, -0.1) is 0 Å². The molecule has 2 aromatic carbocycles. The van der Waals surface area contributed by atoms with Gasteiger partial charge in [-0.05, 0) is 11.6 Å².